The molecule has 2 rings (SSSR count). The topological polar surface area (TPSA) is 20.2 Å². The van der Waals surface area contributed by atoms with E-state index in [1.807, 2.05) is 12.1 Å². The zero-order valence-electron chi connectivity index (χ0n) is 8.07. The number of benzene rings is 2. The molecule has 0 saturated carbocycles. The molecule has 75 valence electrons. The normalized spacial score (nSPS) is 10.3. The Bertz CT molecular complexity index is 466. The van der Waals surface area contributed by atoms with Crippen molar-refractivity contribution in [2.45, 2.75) is 6.61 Å². The summed E-state index contributed by atoms with van der Waals surface area (Å²) in [4.78, 5) is 0. The van der Waals surface area contributed by atoms with Crippen LogP contribution in [0, 0.1) is 11.9 Å². The average Bonchev–Trinajstić information content (AvgIpc) is 2.29. The molecule has 2 aromatic carbocycles. The van der Waals surface area contributed by atoms with Gasteiger partial charge in [0.2, 0.25) is 0 Å². The van der Waals surface area contributed by atoms with Crippen LogP contribution in [-0.2, 0) is 6.61 Å². The first-order valence-electron chi connectivity index (χ1n) is 4.67. The number of aliphatic hydroxyl groups excluding tert-OH is 1. The van der Waals surface area contributed by atoms with Crippen molar-refractivity contribution in [3.63, 3.8) is 0 Å². The third-order valence-electron chi connectivity index (χ3n) is 2.26. The van der Waals surface area contributed by atoms with Gasteiger partial charge in [0.1, 0.15) is 5.82 Å². The zero-order chi connectivity index (χ0) is 10.7. The van der Waals surface area contributed by atoms with Crippen LogP contribution in [0.15, 0.2) is 42.5 Å². The highest BCUT2D eigenvalue weighted by Crippen LogP contribution is 2.23. The van der Waals surface area contributed by atoms with Crippen LogP contribution in [0.1, 0.15) is 5.56 Å². The molecular formula is C13H10FO. The quantitative estimate of drug-likeness (QED) is 0.792. The molecule has 15 heavy (non-hydrogen) atoms. The van der Waals surface area contributed by atoms with Gasteiger partial charge in [-0.1, -0.05) is 24.3 Å². The maximum absolute atomic E-state index is 13.0. The van der Waals surface area contributed by atoms with Crippen molar-refractivity contribution in [1.82, 2.24) is 0 Å². The molecule has 0 atom stereocenters. The summed E-state index contributed by atoms with van der Waals surface area (Å²) in [5.41, 5.74) is 2.37. The summed E-state index contributed by atoms with van der Waals surface area (Å²) in [5.74, 6) is -0.274. The highest BCUT2D eigenvalue weighted by atomic mass is 19.1. The van der Waals surface area contributed by atoms with Crippen LogP contribution in [0.5, 0.6) is 0 Å². The van der Waals surface area contributed by atoms with Crippen molar-refractivity contribution in [1.29, 1.82) is 0 Å². The molecule has 2 heteroatoms. The number of hydrogen-bond acceptors (Lipinski definition) is 1. The maximum atomic E-state index is 13.0. The number of hydrogen-bond donors (Lipinski definition) is 1. The lowest BCUT2D eigenvalue weighted by Gasteiger charge is -2.06. The maximum Gasteiger partial charge on any atom is 0.123 e. The van der Waals surface area contributed by atoms with Crippen LogP contribution in [-0.4, -0.2) is 5.11 Å². The van der Waals surface area contributed by atoms with E-state index in [2.05, 4.69) is 6.07 Å². The highest BCUT2D eigenvalue weighted by Gasteiger charge is 2.03. The van der Waals surface area contributed by atoms with Crippen LogP contribution in [0.3, 0.4) is 0 Å². The van der Waals surface area contributed by atoms with Crippen LogP contribution >= 0.6 is 0 Å². The third kappa shape index (κ3) is 2.05. The lowest BCUT2D eigenvalue weighted by molar-refractivity contribution is 0.282. The second kappa shape index (κ2) is 4.24. The fraction of sp³-hybridized carbons (Fsp3) is 0.0769. The molecule has 0 saturated heterocycles. The van der Waals surface area contributed by atoms with Gasteiger partial charge in [0.05, 0.1) is 6.61 Å². The van der Waals surface area contributed by atoms with Crippen LogP contribution in [0.2, 0.25) is 0 Å². The Balaban J connectivity index is 2.53. The molecule has 0 aliphatic carbocycles. The van der Waals surface area contributed by atoms with Gasteiger partial charge in [0.15, 0.2) is 0 Å². The monoisotopic (exact) mass is 201 g/mol. The van der Waals surface area contributed by atoms with Gasteiger partial charge in [0, 0.05) is 0 Å². The standard InChI is InChI=1S/C13H10FO/c14-12-6-3-5-10(8-12)13-7-2-1-4-11(13)9-15/h2-8,15H,9H2. The molecule has 0 aromatic heterocycles. The van der Waals surface area contributed by atoms with Crippen molar-refractivity contribution in [2.24, 2.45) is 0 Å². The summed E-state index contributed by atoms with van der Waals surface area (Å²) in [7, 11) is 0. The molecule has 2 aromatic rings. The minimum absolute atomic E-state index is 0.0663. The summed E-state index contributed by atoms with van der Waals surface area (Å²) in [6.07, 6.45) is 0. The van der Waals surface area contributed by atoms with Crippen molar-refractivity contribution >= 4 is 0 Å². The van der Waals surface area contributed by atoms with Crippen LogP contribution in [0.4, 0.5) is 4.39 Å². The smallest absolute Gasteiger partial charge is 0.123 e. The predicted octanol–water partition coefficient (Wildman–Crippen LogP) is 2.79. The summed E-state index contributed by atoms with van der Waals surface area (Å²) in [6, 6.07) is 14.5. The number of aliphatic hydroxyl groups is 1. The third-order valence-corrected chi connectivity index (χ3v) is 2.26. The number of rotatable bonds is 2. The lowest BCUT2D eigenvalue weighted by atomic mass is 10.0. The summed E-state index contributed by atoms with van der Waals surface area (Å²) < 4.78 is 13.0. The SMILES string of the molecule is OCc1c[c]ccc1-c1cccc(F)c1. The molecule has 0 aliphatic rings. The van der Waals surface area contributed by atoms with Gasteiger partial charge in [-0.2, -0.15) is 0 Å². The van der Waals surface area contributed by atoms with Gasteiger partial charge in [-0.05, 0) is 41.0 Å². The van der Waals surface area contributed by atoms with E-state index >= 15 is 0 Å². The van der Waals surface area contributed by atoms with E-state index in [-0.39, 0.29) is 12.4 Å². The van der Waals surface area contributed by atoms with Gasteiger partial charge < -0.3 is 5.11 Å². The molecule has 0 spiro atoms. The minimum Gasteiger partial charge on any atom is -0.392 e. The largest absolute Gasteiger partial charge is 0.392 e. The van der Waals surface area contributed by atoms with Crippen molar-refractivity contribution < 1.29 is 9.50 Å². The molecule has 0 amide bonds. The zero-order valence-corrected chi connectivity index (χ0v) is 8.07. The second-order valence-corrected chi connectivity index (χ2v) is 3.25. The van der Waals surface area contributed by atoms with Crippen LogP contribution in [0.25, 0.3) is 11.1 Å². The summed E-state index contributed by atoms with van der Waals surface area (Å²) in [6.45, 7) is -0.0663. The Morgan fingerprint density at radius 1 is 1.27 bits per heavy atom. The molecule has 0 unspecified atom stereocenters. The van der Waals surface area contributed by atoms with E-state index < -0.39 is 0 Å². The van der Waals surface area contributed by atoms with E-state index in [1.165, 1.54) is 12.1 Å². The van der Waals surface area contributed by atoms with Crippen LogP contribution < -0.4 is 0 Å². The first-order valence-corrected chi connectivity index (χ1v) is 4.67. The summed E-state index contributed by atoms with van der Waals surface area (Å²) in [5, 5.41) is 9.14. The Morgan fingerprint density at radius 3 is 2.87 bits per heavy atom. The first-order chi connectivity index (χ1) is 7.31. The molecule has 1 N–H and O–H groups in total. The van der Waals surface area contributed by atoms with Gasteiger partial charge in [-0.15, -0.1) is 0 Å². The van der Waals surface area contributed by atoms with E-state index in [4.69, 9.17) is 5.11 Å². The van der Waals surface area contributed by atoms with Gasteiger partial charge >= 0.3 is 0 Å². The highest BCUT2D eigenvalue weighted by molar-refractivity contribution is 5.67. The second-order valence-electron chi connectivity index (χ2n) is 3.25. The molecule has 0 heterocycles. The Hall–Kier alpha value is -1.67. The molecule has 0 bridgehead atoms. The Labute approximate surface area is 87.8 Å². The molecule has 0 aliphatic heterocycles. The molecule has 1 radical (unpaired) electrons. The van der Waals surface area contributed by atoms with Gasteiger partial charge in [-0.3, -0.25) is 0 Å². The van der Waals surface area contributed by atoms with Crippen molar-refractivity contribution in [2.75, 3.05) is 0 Å². The lowest BCUT2D eigenvalue weighted by Crippen LogP contribution is -1.89. The van der Waals surface area contributed by atoms with E-state index in [0.717, 1.165) is 16.7 Å². The van der Waals surface area contributed by atoms with E-state index in [9.17, 15) is 4.39 Å². The van der Waals surface area contributed by atoms with Crippen molar-refractivity contribution in [3.8, 4) is 11.1 Å². The number of halogens is 1. The van der Waals surface area contributed by atoms with Gasteiger partial charge in [-0.25, -0.2) is 4.39 Å². The fourth-order valence-corrected chi connectivity index (χ4v) is 1.53. The molecule has 1 nitrogen and oxygen atoms in total. The molecular weight excluding hydrogens is 191 g/mol. The first kappa shape index (κ1) is 9.87. The summed E-state index contributed by atoms with van der Waals surface area (Å²) >= 11 is 0. The Morgan fingerprint density at radius 2 is 2.13 bits per heavy atom. The predicted molar refractivity (Wildman–Crippen MR) is 56.6 cm³/mol. The molecule has 0 fully saturated rings. The minimum atomic E-state index is -0.274. The average molecular weight is 201 g/mol. The van der Waals surface area contributed by atoms with Crippen molar-refractivity contribution in [3.05, 3.63) is 59.9 Å². The fourth-order valence-electron chi connectivity index (χ4n) is 1.53. The Kier molecular flexibility index (Phi) is 2.79. The van der Waals surface area contributed by atoms with Gasteiger partial charge in [0.25, 0.3) is 0 Å². The van der Waals surface area contributed by atoms with E-state index in [0.29, 0.717) is 0 Å². The van der Waals surface area contributed by atoms with E-state index in [1.54, 1.807) is 18.2 Å².